The average molecular weight is 895 g/mol. The maximum atomic E-state index is 15.2. The van der Waals surface area contributed by atoms with E-state index < -0.39 is 23.2 Å². The van der Waals surface area contributed by atoms with Crippen LogP contribution in [0.4, 0.5) is 13.2 Å². The van der Waals surface area contributed by atoms with Crippen molar-refractivity contribution in [3.8, 4) is 0 Å². The number of hydrogen-bond donors (Lipinski definition) is 2. The standard InChI is InChI=1S/C19H17BrClFN2O3.C19H17BrF2N2O3/c2*1-24-10-23-19-16(24)8-13(17(26)9-27-5-4-25)14(18(19)22)6-11-2-3-12(20)7-15(11)21/h2*2-3,7-8,10,25H,4-6,9H2,1H3. The highest BCUT2D eigenvalue weighted by atomic mass is 79.9. The lowest BCUT2D eigenvalue weighted by Gasteiger charge is -2.13. The lowest BCUT2D eigenvalue weighted by atomic mass is 9.95. The largest absolute Gasteiger partial charge is 0.394 e. The van der Waals surface area contributed by atoms with Crippen LogP contribution in [0.1, 0.15) is 43.0 Å². The first-order chi connectivity index (χ1) is 25.8. The number of ether oxygens (including phenoxy) is 2. The minimum Gasteiger partial charge on any atom is -0.394 e. The van der Waals surface area contributed by atoms with Crippen molar-refractivity contribution in [2.75, 3.05) is 39.6 Å². The summed E-state index contributed by atoms with van der Waals surface area (Å²) in [5.74, 6) is -2.51. The highest BCUT2D eigenvalue weighted by Gasteiger charge is 2.24. The van der Waals surface area contributed by atoms with Crippen molar-refractivity contribution in [2.24, 2.45) is 14.1 Å². The third-order valence-electron chi connectivity index (χ3n) is 8.43. The zero-order valence-corrected chi connectivity index (χ0v) is 32.9. The highest BCUT2D eigenvalue weighted by molar-refractivity contribution is 9.10. The van der Waals surface area contributed by atoms with Crippen molar-refractivity contribution in [2.45, 2.75) is 12.8 Å². The third kappa shape index (κ3) is 9.45. The van der Waals surface area contributed by atoms with Gasteiger partial charge in [-0.1, -0.05) is 55.6 Å². The van der Waals surface area contributed by atoms with Gasteiger partial charge in [0.15, 0.2) is 23.2 Å². The molecule has 10 nitrogen and oxygen atoms in total. The maximum absolute atomic E-state index is 15.2. The van der Waals surface area contributed by atoms with E-state index in [1.165, 1.54) is 24.8 Å². The van der Waals surface area contributed by atoms with Crippen molar-refractivity contribution >= 4 is 77.1 Å². The number of carbonyl (C=O) groups excluding carboxylic acids is 2. The van der Waals surface area contributed by atoms with Crippen LogP contribution in [0.3, 0.4) is 0 Å². The number of aliphatic hydroxyl groups excluding tert-OH is 2. The Morgan fingerprint density at radius 3 is 1.61 bits per heavy atom. The topological polar surface area (TPSA) is 129 Å². The summed E-state index contributed by atoms with van der Waals surface area (Å²) in [6.45, 7) is -0.929. The van der Waals surface area contributed by atoms with Crippen LogP contribution in [0.15, 0.2) is 70.1 Å². The van der Waals surface area contributed by atoms with Gasteiger partial charge in [-0.05, 0) is 47.5 Å². The Bertz CT molecular complexity index is 2170. The number of benzene rings is 4. The van der Waals surface area contributed by atoms with Gasteiger partial charge in [0.25, 0.3) is 0 Å². The van der Waals surface area contributed by atoms with E-state index in [0.29, 0.717) is 26.1 Å². The van der Waals surface area contributed by atoms with Crippen LogP contribution < -0.4 is 0 Å². The lowest BCUT2D eigenvalue weighted by Crippen LogP contribution is -2.15. The molecule has 54 heavy (non-hydrogen) atoms. The summed E-state index contributed by atoms with van der Waals surface area (Å²) in [7, 11) is 3.43. The molecule has 0 saturated carbocycles. The Labute approximate surface area is 329 Å². The molecule has 6 rings (SSSR count). The molecule has 16 heteroatoms. The van der Waals surface area contributed by atoms with Crippen LogP contribution in [-0.2, 0) is 36.4 Å². The van der Waals surface area contributed by atoms with Gasteiger partial charge in [0, 0.05) is 63.2 Å². The fourth-order valence-corrected chi connectivity index (χ4v) is 6.77. The van der Waals surface area contributed by atoms with Gasteiger partial charge in [0.2, 0.25) is 0 Å². The number of fused-ring (bicyclic) bond motifs is 2. The summed E-state index contributed by atoms with van der Waals surface area (Å²) in [4.78, 5) is 33.4. The van der Waals surface area contributed by atoms with Crippen molar-refractivity contribution < 1.29 is 42.4 Å². The Hall–Kier alpha value is -3.96. The van der Waals surface area contributed by atoms with Gasteiger partial charge in [0.05, 0.1) is 50.1 Å². The van der Waals surface area contributed by atoms with Gasteiger partial charge in [-0.25, -0.2) is 23.1 Å². The number of hydrogen-bond acceptors (Lipinski definition) is 8. The third-order valence-corrected chi connectivity index (χ3v) is 9.76. The van der Waals surface area contributed by atoms with Crippen LogP contribution in [0.5, 0.6) is 0 Å². The molecule has 0 aliphatic carbocycles. The van der Waals surface area contributed by atoms with Gasteiger partial charge < -0.3 is 28.8 Å². The van der Waals surface area contributed by atoms with E-state index in [1.54, 1.807) is 53.6 Å². The van der Waals surface area contributed by atoms with Crippen molar-refractivity contribution in [1.82, 2.24) is 19.1 Å². The van der Waals surface area contributed by atoms with Crippen LogP contribution in [0, 0.1) is 17.5 Å². The summed E-state index contributed by atoms with van der Waals surface area (Å²) in [6.07, 6.45) is 3.00. The molecule has 0 atom stereocenters. The summed E-state index contributed by atoms with van der Waals surface area (Å²) in [5, 5.41) is 18.1. The number of aromatic nitrogens is 4. The van der Waals surface area contributed by atoms with E-state index in [2.05, 4.69) is 41.8 Å². The van der Waals surface area contributed by atoms with E-state index >= 15 is 8.78 Å². The summed E-state index contributed by atoms with van der Waals surface area (Å²) in [5.41, 5.74) is 2.89. The quantitative estimate of drug-likeness (QED) is 0.0862. The number of aryl methyl sites for hydroxylation is 2. The second-order valence-electron chi connectivity index (χ2n) is 12.1. The van der Waals surface area contributed by atoms with Gasteiger partial charge in [-0.2, -0.15) is 0 Å². The number of nitrogens with zero attached hydrogens (tertiary/aromatic N) is 4. The summed E-state index contributed by atoms with van der Waals surface area (Å²) in [6, 6.07) is 13.0. The van der Waals surface area contributed by atoms with Gasteiger partial charge in [-0.3, -0.25) is 9.59 Å². The molecule has 284 valence electrons. The van der Waals surface area contributed by atoms with Crippen LogP contribution in [0.2, 0.25) is 5.02 Å². The van der Waals surface area contributed by atoms with Gasteiger partial charge in [0.1, 0.15) is 30.1 Å². The zero-order valence-electron chi connectivity index (χ0n) is 29.0. The van der Waals surface area contributed by atoms with Crippen molar-refractivity contribution in [3.05, 3.63) is 126 Å². The Morgan fingerprint density at radius 2 is 1.17 bits per heavy atom. The van der Waals surface area contributed by atoms with Crippen molar-refractivity contribution in [3.63, 3.8) is 0 Å². The molecule has 2 heterocycles. The van der Waals surface area contributed by atoms with Crippen LogP contribution in [0.25, 0.3) is 22.1 Å². The first-order valence-electron chi connectivity index (χ1n) is 16.4. The lowest BCUT2D eigenvalue weighted by molar-refractivity contribution is 0.0658. The monoisotopic (exact) mass is 892 g/mol. The molecule has 4 aromatic carbocycles. The predicted molar refractivity (Wildman–Crippen MR) is 205 cm³/mol. The van der Waals surface area contributed by atoms with Gasteiger partial charge in [-0.15, -0.1) is 0 Å². The van der Waals surface area contributed by atoms with E-state index in [0.717, 1.165) is 4.47 Å². The molecule has 0 bridgehead atoms. The van der Waals surface area contributed by atoms with Gasteiger partial charge >= 0.3 is 0 Å². The molecule has 0 saturated heterocycles. The number of aliphatic hydroxyl groups is 2. The SMILES string of the molecule is Cn1cnc2c(F)c(Cc3ccc(Br)cc3Cl)c(C(=O)COCCO)cc21.Cn1cnc2c(F)c(Cc3ccc(Br)cc3F)c(C(=O)COCCO)cc21. The highest BCUT2D eigenvalue weighted by Crippen LogP contribution is 2.31. The number of rotatable bonds is 14. The molecule has 0 fully saturated rings. The predicted octanol–water partition coefficient (Wildman–Crippen LogP) is 7.31. The van der Waals surface area contributed by atoms with Crippen LogP contribution in [-0.4, -0.2) is 80.5 Å². The average Bonchev–Trinajstić information content (AvgIpc) is 3.71. The normalized spacial score (nSPS) is 11.3. The number of imidazole rings is 2. The molecular weight excluding hydrogens is 861 g/mol. The second kappa shape index (κ2) is 18.6. The molecule has 0 aliphatic rings. The van der Waals surface area contributed by atoms with Crippen molar-refractivity contribution in [1.29, 1.82) is 0 Å². The number of carbonyl (C=O) groups is 2. The summed E-state index contributed by atoms with van der Waals surface area (Å²) >= 11 is 12.8. The van der Waals surface area contributed by atoms with E-state index in [9.17, 15) is 14.0 Å². The molecule has 0 radical (unpaired) electrons. The molecular formula is C38H34Br2ClF3N4O6. The van der Waals surface area contributed by atoms with Crippen LogP contribution >= 0.6 is 43.5 Å². The second-order valence-corrected chi connectivity index (χ2v) is 14.3. The van der Waals surface area contributed by atoms with E-state index in [-0.39, 0.29) is 97.1 Å². The maximum Gasteiger partial charge on any atom is 0.188 e. The Kier molecular flexibility index (Phi) is 14.2. The molecule has 6 aromatic rings. The molecule has 2 N–H and O–H groups in total. The first kappa shape index (κ1) is 41.2. The Balaban J connectivity index is 0.000000208. The molecule has 0 amide bonds. The molecule has 0 unspecified atom stereocenters. The minimum absolute atomic E-state index is 0.00114. The number of Topliss-reactive ketones (excluding diaryl/α,β-unsaturated/α-hetero) is 2. The van der Waals surface area contributed by atoms with E-state index in [4.69, 9.17) is 31.3 Å². The fraction of sp³-hybridized carbons (Fsp3) is 0.263. The molecule has 0 spiro atoms. The minimum atomic E-state index is -0.652. The first-order valence-corrected chi connectivity index (χ1v) is 18.4. The smallest absolute Gasteiger partial charge is 0.188 e. The van der Waals surface area contributed by atoms with E-state index in [1.807, 2.05) is 6.07 Å². The zero-order chi connectivity index (χ0) is 39.1. The number of halogens is 6. The molecule has 2 aromatic heterocycles. The fourth-order valence-electron chi connectivity index (χ4n) is 5.70. The number of ketones is 2. The summed E-state index contributed by atoms with van der Waals surface area (Å²) < 4.78 is 59.5. The molecule has 0 aliphatic heterocycles. The Morgan fingerprint density at radius 1 is 0.722 bits per heavy atom.